The average Bonchev–Trinajstić information content (AvgIpc) is 3.06. The van der Waals surface area contributed by atoms with Gasteiger partial charge in [-0.25, -0.2) is 4.98 Å². The van der Waals surface area contributed by atoms with Crippen LogP contribution in [0, 0.1) is 0 Å². The van der Waals surface area contributed by atoms with Gasteiger partial charge in [0.15, 0.2) is 0 Å². The first-order chi connectivity index (χ1) is 15.3. The molecule has 0 amide bonds. The van der Waals surface area contributed by atoms with E-state index < -0.39 is 0 Å². The molecule has 0 aliphatic carbocycles. The van der Waals surface area contributed by atoms with Crippen LogP contribution in [0.1, 0.15) is 12.8 Å². The number of ether oxygens (including phenoxy) is 1. The van der Waals surface area contributed by atoms with E-state index in [0.717, 1.165) is 62.1 Å². The number of benzene rings is 1. The van der Waals surface area contributed by atoms with Crippen molar-refractivity contribution in [1.82, 2.24) is 24.8 Å². The van der Waals surface area contributed by atoms with Crippen molar-refractivity contribution < 1.29 is 4.74 Å². The van der Waals surface area contributed by atoms with Crippen LogP contribution in [-0.4, -0.2) is 57.8 Å². The minimum absolute atomic E-state index is 0.267. The van der Waals surface area contributed by atoms with E-state index in [1.165, 1.54) is 21.8 Å². The molecule has 6 nitrogen and oxygen atoms in total. The van der Waals surface area contributed by atoms with Gasteiger partial charge in [0.2, 0.25) is 5.88 Å². The molecule has 6 heteroatoms. The van der Waals surface area contributed by atoms with Crippen LogP contribution < -0.4 is 10.1 Å². The zero-order valence-corrected chi connectivity index (χ0v) is 17.8. The van der Waals surface area contributed by atoms with Crippen molar-refractivity contribution in [2.45, 2.75) is 25.0 Å². The molecule has 2 aliphatic heterocycles. The minimum atomic E-state index is 0.267. The van der Waals surface area contributed by atoms with E-state index in [-0.39, 0.29) is 6.10 Å². The maximum Gasteiger partial charge on any atom is 0.213 e. The van der Waals surface area contributed by atoms with Crippen molar-refractivity contribution in [3.63, 3.8) is 0 Å². The Balaban J connectivity index is 1.18. The number of nitrogens with zero attached hydrogens (tertiary/aromatic N) is 4. The van der Waals surface area contributed by atoms with Gasteiger partial charge in [-0.2, -0.15) is 0 Å². The zero-order valence-electron chi connectivity index (χ0n) is 17.8. The molecule has 31 heavy (non-hydrogen) atoms. The van der Waals surface area contributed by atoms with E-state index in [0.29, 0.717) is 0 Å². The largest absolute Gasteiger partial charge is 0.474 e. The van der Waals surface area contributed by atoms with Gasteiger partial charge in [0.05, 0.1) is 5.52 Å². The molecule has 0 saturated carbocycles. The molecule has 6 rings (SSSR count). The van der Waals surface area contributed by atoms with Gasteiger partial charge in [-0.15, -0.1) is 0 Å². The van der Waals surface area contributed by atoms with Gasteiger partial charge in [-0.3, -0.25) is 9.88 Å². The minimum Gasteiger partial charge on any atom is -0.474 e. The Kier molecular flexibility index (Phi) is 4.62. The molecule has 4 aromatic rings. The van der Waals surface area contributed by atoms with Crippen LogP contribution in [0.25, 0.3) is 32.9 Å². The zero-order chi connectivity index (χ0) is 20.8. The van der Waals surface area contributed by atoms with E-state index in [1.807, 2.05) is 24.7 Å². The van der Waals surface area contributed by atoms with E-state index in [1.54, 1.807) is 0 Å². The number of hydrogen-bond acceptors (Lipinski definition) is 5. The molecule has 0 unspecified atom stereocenters. The predicted molar refractivity (Wildman–Crippen MR) is 123 cm³/mol. The smallest absolute Gasteiger partial charge is 0.213 e. The topological polar surface area (TPSA) is 55.2 Å². The summed E-state index contributed by atoms with van der Waals surface area (Å²) in [6, 6.07) is 13.5. The van der Waals surface area contributed by atoms with Crippen molar-refractivity contribution in [2.75, 3.05) is 26.2 Å². The Morgan fingerprint density at radius 2 is 1.77 bits per heavy atom. The molecule has 5 heterocycles. The lowest BCUT2D eigenvalue weighted by molar-refractivity contribution is 0.0562. The van der Waals surface area contributed by atoms with Crippen molar-refractivity contribution in [3.05, 3.63) is 55.0 Å². The Morgan fingerprint density at radius 1 is 0.935 bits per heavy atom. The Hall–Kier alpha value is -2.96. The third kappa shape index (κ3) is 3.36. The highest BCUT2D eigenvalue weighted by Gasteiger charge is 2.29. The van der Waals surface area contributed by atoms with Crippen LogP contribution in [0.15, 0.2) is 55.0 Å². The molecule has 0 atom stereocenters. The lowest BCUT2D eigenvalue weighted by atomic mass is 10.0. The second-order valence-electron chi connectivity index (χ2n) is 8.73. The second-order valence-corrected chi connectivity index (χ2v) is 8.73. The Morgan fingerprint density at radius 3 is 2.52 bits per heavy atom. The summed E-state index contributed by atoms with van der Waals surface area (Å²) in [5, 5.41) is 5.78. The van der Waals surface area contributed by atoms with E-state index in [2.05, 4.69) is 62.1 Å². The van der Waals surface area contributed by atoms with Crippen LogP contribution in [0.4, 0.5) is 0 Å². The normalized spacial score (nSPS) is 18.5. The lowest BCUT2D eigenvalue weighted by Crippen LogP contribution is -2.59. The number of hydrogen-bond donors (Lipinski definition) is 1. The van der Waals surface area contributed by atoms with Gasteiger partial charge in [0, 0.05) is 85.8 Å². The van der Waals surface area contributed by atoms with Gasteiger partial charge >= 0.3 is 0 Å². The maximum absolute atomic E-state index is 6.19. The number of fused-ring (bicyclic) bond motifs is 3. The molecule has 2 aliphatic rings. The number of aromatic nitrogens is 3. The summed E-state index contributed by atoms with van der Waals surface area (Å²) >= 11 is 0. The Labute approximate surface area is 181 Å². The fourth-order valence-corrected chi connectivity index (χ4v) is 4.92. The number of nitrogens with one attached hydrogen (secondary N) is 1. The molecule has 0 bridgehead atoms. The van der Waals surface area contributed by atoms with Crippen LogP contribution in [0.3, 0.4) is 0 Å². The summed E-state index contributed by atoms with van der Waals surface area (Å²) in [5.74, 6) is 0.726. The SMILES string of the molecule is Cn1c2ccncc2c2ccc(-c3ccc(OC4CCN(C5CNC5)CC4)nc3)cc21. The van der Waals surface area contributed by atoms with E-state index in [4.69, 9.17) is 4.74 Å². The first kappa shape index (κ1) is 18.8. The average molecular weight is 414 g/mol. The fraction of sp³-hybridized carbons (Fsp3) is 0.360. The highest BCUT2D eigenvalue weighted by molar-refractivity contribution is 6.08. The van der Waals surface area contributed by atoms with Crippen LogP contribution in [0.2, 0.25) is 0 Å². The van der Waals surface area contributed by atoms with Gasteiger partial charge in [-0.05, 0) is 36.6 Å². The summed E-state index contributed by atoms with van der Waals surface area (Å²) in [5.41, 5.74) is 4.66. The van der Waals surface area contributed by atoms with E-state index >= 15 is 0 Å². The highest BCUT2D eigenvalue weighted by Crippen LogP contribution is 2.31. The molecule has 0 radical (unpaired) electrons. The third-order valence-electron chi connectivity index (χ3n) is 6.92. The van der Waals surface area contributed by atoms with Gasteiger partial charge in [-0.1, -0.05) is 12.1 Å². The molecule has 1 N–H and O–H groups in total. The van der Waals surface area contributed by atoms with Crippen LogP contribution in [0.5, 0.6) is 5.88 Å². The summed E-state index contributed by atoms with van der Waals surface area (Å²) in [6.45, 7) is 4.51. The van der Waals surface area contributed by atoms with Gasteiger partial charge in [0.1, 0.15) is 6.10 Å². The number of pyridine rings is 2. The molecule has 0 spiro atoms. The third-order valence-corrected chi connectivity index (χ3v) is 6.92. The fourth-order valence-electron chi connectivity index (χ4n) is 4.92. The van der Waals surface area contributed by atoms with Crippen molar-refractivity contribution in [1.29, 1.82) is 0 Å². The summed E-state index contributed by atoms with van der Waals surface area (Å²) in [4.78, 5) is 11.5. The number of aryl methyl sites for hydroxylation is 1. The molecule has 3 aromatic heterocycles. The monoisotopic (exact) mass is 413 g/mol. The van der Waals surface area contributed by atoms with Crippen molar-refractivity contribution in [3.8, 4) is 17.0 Å². The molecule has 158 valence electrons. The summed E-state index contributed by atoms with van der Waals surface area (Å²) in [7, 11) is 2.11. The van der Waals surface area contributed by atoms with Gasteiger partial charge < -0.3 is 14.6 Å². The van der Waals surface area contributed by atoms with Crippen LogP contribution >= 0.6 is 0 Å². The highest BCUT2D eigenvalue weighted by atomic mass is 16.5. The Bertz CT molecular complexity index is 1220. The van der Waals surface area contributed by atoms with E-state index in [9.17, 15) is 0 Å². The molecule has 2 saturated heterocycles. The molecular weight excluding hydrogens is 386 g/mol. The summed E-state index contributed by atoms with van der Waals surface area (Å²) in [6.07, 6.45) is 8.13. The number of piperidine rings is 1. The maximum atomic E-state index is 6.19. The lowest BCUT2D eigenvalue weighted by Gasteiger charge is -2.42. The van der Waals surface area contributed by atoms with Crippen molar-refractivity contribution >= 4 is 21.8 Å². The standard InChI is InChI=1S/C25H27N5O/c1-29-23-6-9-26-16-22(23)21-4-2-17(12-24(21)29)18-3-5-25(28-13-18)31-20-7-10-30(11-8-20)19-14-27-15-19/h2-6,9,12-13,16,19-20,27H,7-8,10-11,14-15H2,1H3. The predicted octanol–water partition coefficient (Wildman–Crippen LogP) is 3.60. The van der Waals surface area contributed by atoms with Crippen LogP contribution in [-0.2, 0) is 7.05 Å². The number of likely N-dealkylation sites (tertiary alicyclic amines) is 1. The first-order valence-electron chi connectivity index (χ1n) is 11.2. The molecular formula is C25H27N5O. The number of rotatable bonds is 4. The molecule has 1 aromatic carbocycles. The van der Waals surface area contributed by atoms with Gasteiger partial charge in [0.25, 0.3) is 0 Å². The van der Waals surface area contributed by atoms with Crippen molar-refractivity contribution in [2.24, 2.45) is 7.05 Å². The molecule has 2 fully saturated rings. The quantitative estimate of drug-likeness (QED) is 0.554. The first-order valence-corrected chi connectivity index (χ1v) is 11.2. The summed E-state index contributed by atoms with van der Waals surface area (Å²) < 4.78 is 8.42. The second kappa shape index (κ2) is 7.62.